The van der Waals surface area contributed by atoms with Gasteiger partial charge in [0.05, 0.1) is 18.8 Å². The third-order valence-electron chi connectivity index (χ3n) is 6.86. The van der Waals surface area contributed by atoms with Gasteiger partial charge < -0.3 is 23.7 Å². The molecule has 0 aromatic heterocycles. The summed E-state index contributed by atoms with van der Waals surface area (Å²) < 4.78 is 29.5. The van der Waals surface area contributed by atoms with Crippen LogP contribution in [-0.4, -0.2) is 50.6 Å². The summed E-state index contributed by atoms with van der Waals surface area (Å²) in [5.74, 6) is 1.26. The third kappa shape index (κ3) is 5.03. The summed E-state index contributed by atoms with van der Waals surface area (Å²) in [6, 6.07) is 0. The highest BCUT2D eigenvalue weighted by molar-refractivity contribution is 5.66. The molecule has 6 nitrogen and oxygen atoms in total. The Morgan fingerprint density at radius 2 is 1.44 bits per heavy atom. The molecule has 2 heterocycles. The Morgan fingerprint density at radius 1 is 0.852 bits per heavy atom. The number of esters is 1. The zero-order valence-electron chi connectivity index (χ0n) is 18.1. The standard InChI is InChI=1S/C21H38O6/c1-9-17-13(4)14(5)19(25-16(7)22)21(26-17)24-10-18-12(3)11(2)15(6)20(23-8)27-18/h11-15,17-21H,9-10H2,1-8H3/t11-,12-,13-,14-,15?,17?,18?,19?,20-,21-/m0/s1. The van der Waals surface area contributed by atoms with E-state index >= 15 is 0 Å². The largest absolute Gasteiger partial charge is 0.457 e. The summed E-state index contributed by atoms with van der Waals surface area (Å²) in [5.41, 5.74) is 0. The highest BCUT2D eigenvalue weighted by Crippen LogP contribution is 2.37. The second kappa shape index (κ2) is 9.68. The summed E-state index contributed by atoms with van der Waals surface area (Å²) in [6.07, 6.45) is -0.312. The van der Waals surface area contributed by atoms with E-state index in [4.69, 9.17) is 23.7 Å². The minimum atomic E-state index is -0.573. The smallest absolute Gasteiger partial charge is 0.303 e. The van der Waals surface area contributed by atoms with Crippen molar-refractivity contribution in [3.63, 3.8) is 0 Å². The lowest BCUT2D eigenvalue weighted by Crippen LogP contribution is -2.53. The Hall–Kier alpha value is -0.690. The van der Waals surface area contributed by atoms with Gasteiger partial charge in [0.15, 0.2) is 18.7 Å². The quantitative estimate of drug-likeness (QED) is 0.650. The van der Waals surface area contributed by atoms with Crippen molar-refractivity contribution < 1.29 is 28.5 Å². The molecule has 0 amide bonds. The van der Waals surface area contributed by atoms with E-state index in [2.05, 4.69) is 41.5 Å². The maximum atomic E-state index is 11.6. The first kappa shape index (κ1) is 22.6. The molecule has 4 unspecified atom stereocenters. The van der Waals surface area contributed by atoms with Crippen molar-refractivity contribution in [1.82, 2.24) is 0 Å². The first-order chi connectivity index (χ1) is 12.7. The van der Waals surface area contributed by atoms with E-state index in [9.17, 15) is 4.79 Å². The molecule has 0 aliphatic carbocycles. The van der Waals surface area contributed by atoms with E-state index in [1.54, 1.807) is 7.11 Å². The molecule has 0 radical (unpaired) electrons. The molecule has 0 aromatic rings. The maximum absolute atomic E-state index is 11.6. The Balaban J connectivity index is 2.07. The maximum Gasteiger partial charge on any atom is 0.303 e. The van der Waals surface area contributed by atoms with Gasteiger partial charge in [0.2, 0.25) is 0 Å². The van der Waals surface area contributed by atoms with E-state index in [-0.39, 0.29) is 30.4 Å². The van der Waals surface area contributed by atoms with Crippen LogP contribution >= 0.6 is 0 Å². The number of hydrogen-bond acceptors (Lipinski definition) is 6. The molecule has 158 valence electrons. The summed E-state index contributed by atoms with van der Waals surface area (Å²) in [6.45, 7) is 14.7. The molecule has 0 spiro atoms. The highest BCUT2D eigenvalue weighted by atomic mass is 16.7. The fraction of sp³-hybridized carbons (Fsp3) is 0.952. The predicted octanol–water partition coefficient (Wildman–Crippen LogP) is 3.62. The van der Waals surface area contributed by atoms with Gasteiger partial charge in [0, 0.05) is 25.9 Å². The number of hydrogen-bond donors (Lipinski definition) is 0. The minimum absolute atomic E-state index is 0.0857. The number of carbonyl (C=O) groups is 1. The topological polar surface area (TPSA) is 63.2 Å². The molecule has 2 aliphatic heterocycles. The fourth-order valence-electron chi connectivity index (χ4n) is 4.35. The molecule has 2 saturated heterocycles. The molecule has 27 heavy (non-hydrogen) atoms. The van der Waals surface area contributed by atoms with Gasteiger partial charge in [0.25, 0.3) is 0 Å². The van der Waals surface area contributed by atoms with Crippen molar-refractivity contribution >= 4 is 5.97 Å². The lowest BCUT2D eigenvalue weighted by molar-refractivity contribution is -0.299. The second-order valence-electron chi connectivity index (χ2n) is 8.43. The van der Waals surface area contributed by atoms with E-state index in [0.717, 1.165) is 6.42 Å². The summed E-state index contributed by atoms with van der Waals surface area (Å²) >= 11 is 0. The SMILES string of the molecule is CCC1O[C@H](OCC2O[C@H](OC)C(C)[C@@H](C)[C@@H]2C)C(OC(C)=O)[C@@H](C)[C@@H]1C. The van der Waals surface area contributed by atoms with E-state index in [1.165, 1.54) is 6.92 Å². The van der Waals surface area contributed by atoms with Crippen LogP contribution < -0.4 is 0 Å². The fourth-order valence-corrected chi connectivity index (χ4v) is 4.35. The number of ether oxygens (including phenoxy) is 5. The van der Waals surface area contributed by atoms with E-state index in [0.29, 0.717) is 30.3 Å². The van der Waals surface area contributed by atoms with Crippen molar-refractivity contribution in [1.29, 1.82) is 0 Å². The van der Waals surface area contributed by atoms with Crippen LogP contribution in [0.2, 0.25) is 0 Å². The third-order valence-corrected chi connectivity index (χ3v) is 6.86. The predicted molar refractivity (Wildman–Crippen MR) is 102 cm³/mol. The van der Waals surface area contributed by atoms with Gasteiger partial charge in [0.1, 0.15) is 0 Å². The van der Waals surface area contributed by atoms with Crippen LogP contribution in [0.5, 0.6) is 0 Å². The normalized spacial score (nSPS) is 45.5. The van der Waals surface area contributed by atoms with Gasteiger partial charge in [-0.05, 0) is 24.2 Å². The number of carbonyl (C=O) groups excluding carboxylic acids is 1. The molecule has 0 N–H and O–H groups in total. The van der Waals surface area contributed by atoms with Crippen LogP contribution in [0.25, 0.3) is 0 Å². The van der Waals surface area contributed by atoms with E-state index in [1.807, 2.05) is 0 Å². The van der Waals surface area contributed by atoms with Gasteiger partial charge in [-0.15, -0.1) is 0 Å². The molecule has 6 heteroatoms. The molecule has 2 fully saturated rings. The Bertz CT molecular complexity index is 481. The van der Waals surface area contributed by atoms with Crippen molar-refractivity contribution in [3.05, 3.63) is 0 Å². The van der Waals surface area contributed by atoms with E-state index < -0.39 is 12.4 Å². The molecule has 2 aliphatic rings. The van der Waals surface area contributed by atoms with Gasteiger partial charge in [-0.3, -0.25) is 4.79 Å². The lowest BCUT2D eigenvalue weighted by atomic mass is 9.79. The molecule has 0 saturated carbocycles. The van der Waals surface area contributed by atoms with Gasteiger partial charge in [-0.2, -0.15) is 0 Å². The van der Waals surface area contributed by atoms with Crippen LogP contribution in [0.1, 0.15) is 54.9 Å². The molecule has 0 bridgehead atoms. The first-order valence-corrected chi connectivity index (χ1v) is 10.3. The van der Waals surface area contributed by atoms with Gasteiger partial charge in [-0.25, -0.2) is 0 Å². The molecular formula is C21H38O6. The Kier molecular flexibility index (Phi) is 8.10. The van der Waals surface area contributed by atoms with Crippen LogP contribution in [-0.2, 0) is 28.5 Å². The second-order valence-corrected chi connectivity index (χ2v) is 8.43. The average Bonchev–Trinajstić information content (AvgIpc) is 2.64. The Labute approximate surface area is 164 Å². The molecule has 10 atom stereocenters. The van der Waals surface area contributed by atoms with Crippen molar-refractivity contribution in [2.75, 3.05) is 13.7 Å². The Morgan fingerprint density at radius 3 is 2.00 bits per heavy atom. The summed E-state index contributed by atoms with van der Waals surface area (Å²) in [4.78, 5) is 11.6. The highest BCUT2D eigenvalue weighted by Gasteiger charge is 2.45. The lowest BCUT2D eigenvalue weighted by Gasteiger charge is -2.46. The molecule has 0 aromatic carbocycles. The summed E-state index contributed by atoms with van der Waals surface area (Å²) in [7, 11) is 1.68. The van der Waals surface area contributed by atoms with Crippen LogP contribution in [0.3, 0.4) is 0 Å². The zero-order chi connectivity index (χ0) is 20.3. The van der Waals surface area contributed by atoms with Crippen LogP contribution in [0.15, 0.2) is 0 Å². The van der Waals surface area contributed by atoms with Crippen LogP contribution in [0, 0.1) is 29.6 Å². The van der Waals surface area contributed by atoms with Gasteiger partial charge in [-0.1, -0.05) is 41.5 Å². The van der Waals surface area contributed by atoms with Crippen molar-refractivity contribution in [2.45, 2.75) is 85.8 Å². The molecular weight excluding hydrogens is 348 g/mol. The number of rotatable bonds is 6. The monoisotopic (exact) mass is 386 g/mol. The number of methoxy groups -OCH3 is 1. The average molecular weight is 387 g/mol. The molecule has 2 rings (SSSR count). The van der Waals surface area contributed by atoms with Crippen LogP contribution in [0.4, 0.5) is 0 Å². The zero-order valence-corrected chi connectivity index (χ0v) is 18.1. The van der Waals surface area contributed by atoms with Crippen molar-refractivity contribution in [3.8, 4) is 0 Å². The van der Waals surface area contributed by atoms with Crippen molar-refractivity contribution in [2.24, 2.45) is 29.6 Å². The first-order valence-electron chi connectivity index (χ1n) is 10.3. The van der Waals surface area contributed by atoms with Gasteiger partial charge >= 0.3 is 5.97 Å². The summed E-state index contributed by atoms with van der Waals surface area (Å²) in [5, 5.41) is 0. The minimum Gasteiger partial charge on any atom is -0.457 e.